The van der Waals surface area contributed by atoms with Gasteiger partial charge in [0.25, 0.3) is 0 Å². The quantitative estimate of drug-likeness (QED) is 0.889. The fourth-order valence-electron chi connectivity index (χ4n) is 2.79. The van der Waals surface area contributed by atoms with Gasteiger partial charge < -0.3 is 24.4 Å². The average Bonchev–Trinajstić information content (AvgIpc) is 2.58. The zero-order chi connectivity index (χ0) is 19.2. The third-order valence-electron chi connectivity index (χ3n) is 4.02. The van der Waals surface area contributed by atoms with Gasteiger partial charge >= 0.3 is 12.2 Å². The van der Waals surface area contributed by atoms with Gasteiger partial charge in [-0.3, -0.25) is 0 Å². The highest BCUT2D eigenvalue weighted by Crippen LogP contribution is 2.17. The van der Waals surface area contributed by atoms with Crippen LogP contribution in [0.3, 0.4) is 0 Å². The topological polar surface area (TPSA) is 77.1 Å². The van der Waals surface area contributed by atoms with Crippen LogP contribution < -0.4 is 5.32 Å². The van der Waals surface area contributed by atoms with E-state index in [-0.39, 0.29) is 18.8 Å². The van der Waals surface area contributed by atoms with Gasteiger partial charge in [-0.2, -0.15) is 0 Å². The maximum absolute atomic E-state index is 12.3. The Morgan fingerprint density at radius 2 is 1.92 bits per heavy atom. The lowest BCUT2D eigenvalue weighted by Gasteiger charge is -2.37. The fraction of sp³-hybridized carbons (Fsp3) is 0.579. The van der Waals surface area contributed by atoms with Crippen molar-refractivity contribution in [3.63, 3.8) is 0 Å². The maximum Gasteiger partial charge on any atom is 0.410 e. The summed E-state index contributed by atoms with van der Waals surface area (Å²) in [7, 11) is 1.60. The molecule has 2 rings (SSSR count). The molecule has 0 aromatic heterocycles. The average molecular weight is 364 g/mol. The Labute approximate surface area is 154 Å². The first-order valence-corrected chi connectivity index (χ1v) is 8.76. The second kappa shape index (κ2) is 8.89. The lowest BCUT2D eigenvalue weighted by Crippen LogP contribution is -2.57. The molecule has 0 bridgehead atoms. The lowest BCUT2D eigenvalue weighted by molar-refractivity contribution is -0.000637. The maximum atomic E-state index is 12.3. The van der Waals surface area contributed by atoms with Crippen molar-refractivity contribution in [1.29, 1.82) is 0 Å². The summed E-state index contributed by atoms with van der Waals surface area (Å²) in [5.41, 5.74) is 0.339. The molecule has 0 saturated carbocycles. The summed E-state index contributed by atoms with van der Waals surface area (Å²) in [4.78, 5) is 26.0. The molecule has 0 aliphatic carbocycles. The molecule has 7 nitrogen and oxygen atoms in total. The summed E-state index contributed by atoms with van der Waals surface area (Å²) in [6.07, 6.45) is -0.499. The lowest BCUT2D eigenvalue weighted by atomic mass is 10.0. The van der Waals surface area contributed by atoms with Gasteiger partial charge in [0.1, 0.15) is 12.2 Å². The molecule has 1 aromatic rings. The predicted molar refractivity (Wildman–Crippen MR) is 96.8 cm³/mol. The number of rotatable bonds is 4. The van der Waals surface area contributed by atoms with Crippen LogP contribution in [0.5, 0.6) is 0 Å². The summed E-state index contributed by atoms with van der Waals surface area (Å²) in [6.45, 7) is 6.44. The molecule has 1 saturated heterocycles. The number of methoxy groups -OCH3 is 1. The van der Waals surface area contributed by atoms with Crippen LogP contribution in [0.15, 0.2) is 30.3 Å². The number of hydrogen-bond donors (Lipinski definition) is 1. The molecule has 1 heterocycles. The minimum absolute atomic E-state index is 0.180. The summed E-state index contributed by atoms with van der Waals surface area (Å²) >= 11 is 0. The van der Waals surface area contributed by atoms with E-state index in [1.165, 1.54) is 0 Å². The first-order chi connectivity index (χ1) is 12.3. The van der Waals surface area contributed by atoms with Crippen LogP contribution in [0, 0.1) is 0 Å². The second-order valence-electron chi connectivity index (χ2n) is 7.30. The molecule has 2 atom stereocenters. The van der Waals surface area contributed by atoms with Crippen molar-refractivity contribution in [2.24, 2.45) is 0 Å². The van der Waals surface area contributed by atoms with E-state index in [9.17, 15) is 9.59 Å². The van der Waals surface area contributed by atoms with Crippen molar-refractivity contribution in [2.75, 3.05) is 20.2 Å². The molecule has 1 aliphatic rings. The second-order valence-corrected chi connectivity index (χ2v) is 7.30. The Balaban J connectivity index is 1.90. The Kier molecular flexibility index (Phi) is 6.85. The number of benzene rings is 1. The Morgan fingerprint density at radius 1 is 1.23 bits per heavy atom. The van der Waals surface area contributed by atoms with Crippen LogP contribution >= 0.6 is 0 Å². The van der Waals surface area contributed by atoms with Crippen LogP contribution in [-0.4, -0.2) is 55.0 Å². The van der Waals surface area contributed by atoms with E-state index >= 15 is 0 Å². The number of nitrogens with zero attached hydrogens (tertiary/aromatic N) is 1. The number of alkyl carbamates (subject to hydrolysis) is 1. The van der Waals surface area contributed by atoms with Gasteiger partial charge in [0.15, 0.2) is 0 Å². The van der Waals surface area contributed by atoms with Crippen molar-refractivity contribution in [2.45, 2.75) is 51.5 Å². The van der Waals surface area contributed by atoms with Gasteiger partial charge in [-0.05, 0) is 32.8 Å². The monoisotopic (exact) mass is 364 g/mol. The molecule has 1 aliphatic heterocycles. The first-order valence-electron chi connectivity index (χ1n) is 8.76. The van der Waals surface area contributed by atoms with Gasteiger partial charge in [0.05, 0.1) is 12.1 Å². The minimum atomic E-state index is -0.588. The summed E-state index contributed by atoms with van der Waals surface area (Å²) in [5, 5.41) is 2.80. The molecule has 1 aromatic carbocycles. The van der Waals surface area contributed by atoms with Crippen LogP contribution in [0.25, 0.3) is 0 Å². The van der Waals surface area contributed by atoms with Gasteiger partial charge in [0, 0.05) is 20.2 Å². The van der Waals surface area contributed by atoms with Crippen molar-refractivity contribution < 1.29 is 23.8 Å². The number of piperidine rings is 1. The predicted octanol–water partition coefficient (Wildman–Crippen LogP) is 2.94. The van der Waals surface area contributed by atoms with Crippen LogP contribution in [0.4, 0.5) is 9.59 Å². The number of carbonyl (C=O) groups is 2. The van der Waals surface area contributed by atoms with Gasteiger partial charge in [0.2, 0.25) is 0 Å². The molecule has 26 heavy (non-hydrogen) atoms. The van der Waals surface area contributed by atoms with E-state index in [1.54, 1.807) is 32.8 Å². The van der Waals surface area contributed by atoms with Crippen molar-refractivity contribution in [3.05, 3.63) is 35.9 Å². The van der Waals surface area contributed by atoms with E-state index in [2.05, 4.69) is 5.32 Å². The number of amides is 2. The number of hydrogen-bond acceptors (Lipinski definition) is 5. The first kappa shape index (κ1) is 20.0. The SMILES string of the molecule is COC1CCN(C(=O)OCc2ccccc2)CC1NC(=O)OC(C)(C)C. The third kappa shape index (κ3) is 6.22. The van der Waals surface area contributed by atoms with E-state index in [0.29, 0.717) is 19.5 Å². The van der Waals surface area contributed by atoms with Gasteiger partial charge in [-0.25, -0.2) is 9.59 Å². The molecule has 2 amide bonds. The van der Waals surface area contributed by atoms with Crippen LogP contribution in [0.1, 0.15) is 32.8 Å². The Hall–Kier alpha value is -2.28. The molecule has 144 valence electrons. The number of carbonyl (C=O) groups excluding carboxylic acids is 2. The van der Waals surface area contributed by atoms with E-state index in [0.717, 1.165) is 5.56 Å². The standard InChI is InChI=1S/C19H28N2O5/c1-19(2,3)26-17(22)20-15-12-21(11-10-16(15)24-4)18(23)25-13-14-8-6-5-7-9-14/h5-9,15-16H,10-13H2,1-4H3,(H,20,22). The van der Waals surface area contributed by atoms with Gasteiger partial charge in [-0.1, -0.05) is 30.3 Å². The smallest absolute Gasteiger partial charge is 0.410 e. The largest absolute Gasteiger partial charge is 0.445 e. The molecule has 0 radical (unpaired) electrons. The molecule has 0 spiro atoms. The molecular formula is C19H28N2O5. The zero-order valence-corrected chi connectivity index (χ0v) is 15.9. The molecule has 1 fully saturated rings. The minimum Gasteiger partial charge on any atom is -0.445 e. The van der Waals surface area contributed by atoms with E-state index in [4.69, 9.17) is 14.2 Å². The van der Waals surface area contributed by atoms with Crippen LogP contribution in [0.2, 0.25) is 0 Å². The Morgan fingerprint density at radius 3 is 2.54 bits per heavy atom. The van der Waals surface area contributed by atoms with Crippen molar-refractivity contribution in [3.8, 4) is 0 Å². The molecular weight excluding hydrogens is 336 g/mol. The highest BCUT2D eigenvalue weighted by Gasteiger charge is 2.34. The highest BCUT2D eigenvalue weighted by atomic mass is 16.6. The molecule has 2 unspecified atom stereocenters. The number of ether oxygens (including phenoxy) is 3. The number of nitrogens with one attached hydrogen (secondary N) is 1. The van der Waals surface area contributed by atoms with Gasteiger partial charge in [-0.15, -0.1) is 0 Å². The normalized spacial score (nSPS) is 20.4. The van der Waals surface area contributed by atoms with Crippen molar-refractivity contribution in [1.82, 2.24) is 10.2 Å². The van der Waals surface area contributed by atoms with E-state index in [1.807, 2.05) is 30.3 Å². The Bertz CT molecular complexity index is 600. The highest BCUT2D eigenvalue weighted by molar-refractivity contribution is 5.70. The number of likely N-dealkylation sites (tertiary alicyclic amines) is 1. The summed E-state index contributed by atoms with van der Waals surface area (Å²) < 4.78 is 16.1. The molecule has 7 heteroatoms. The molecule has 1 N–H and O–H groups in total. The summed E-state index contributed by atoms with van der Waals surface area (Å²) in [6, 6.07) is 9.15. The fourth-order valence-corrected chi connectivity index (χ4v) is 2.79. The third-order valence-corrected chi connectivity index (χ3v) is 4.02. The van der Waals surface area contributed by atoms with E-state index < -0.39 is 17.8 Å². The van der Waals surface area contributed by atoms with Crippen LogP contribution in [-0.2, 0) is 20.8 Å². The van der Waals surface area contributed by atoms with Crippen molar-refractivity contribution >= 4 is 12.2 Å². The summed E-state index contributed by atoms with van der Waals surface area (Å²) in [5.74, 6) is 0. The zero-order valence-electron chi connectivity index (χ0n) is 15.9.